The molecule has 10 heterocycles. The van der Waals surface area contributed by atoms with Crippen LogP contribution in [0.2, 0.25) is 0 Å². The van der Waals surface area contributed by atoms with E-state index in [1.165, 1.54) is 13.8 Å². The number of hydrogen-bond acceptors (Lipinski definition) is 18. The Hall–Kier alpha value is -1.45. The predicted molar refractivity (Wildman–Crippen MR) is 229 cm³/mol. The second kappa shape index (κ2) is 17.4. The zero-order valence-corrected chi connectivity index (χ0v) is 40.8. The first-order valence-corrected chi connectivity index (χ1v) is 26.9. The summed E-state index contributed by atoms with van der Waals surface area (Å²) in [4.78, 5) is 12.4. The van der Waals surface area contributed by atoms with Gasteiger partial charge in [0.1, 0.15) is 30.0 Å². The van der Waals surface area contributed by atoms with Crippen LogP contribution >= 0.6 is 0 Å². The summed E-state index contributed by atoms with van der Waals surface area (Å²) in [6.45, 7) is 12.7. The minimum atomic E-state index is -4.95. The predicted octanol–water partition coefficient (Wildman–Crippen LogP) is 3.40. The van der Waals surface area contributed by atoms with Gasteiger partial charge in [-0.25, -0.2) is 8.37 Å². The zero-order chi connectivity index (χ0) is 47.8. The molecule has 380 valence electrons. The SMILES string of the molecule is CC(=O)C1=C(C)C[C@@H]2O[C@@]3(C)[C@H](C[C@H]2O1)O[C@@H]1C[C@@H]2O[C@@H]4C[C@@H]5O[C@@H]6C[C@@H]7O[C@@H]8C[C@H](OS(=O)(=O)O)[C@@](C)(CCOS(=O)(=O)O)O[C@H]8C[C@H]7O[C@H]6CC[C@@]5(C)O[C@@]4(C)CC[C@H](C)[C@H]2O[C@H]1[C@H]3O. The van der Waals surface area contributed by atoms with Gasteiger partial charge in [-0.1, -0.05) is 6.92 Å². The van der Waals surface area contributed by atoms with Crippen LogP contribution in [0.4, 0.5) is 0 Å². The summed E-state index contributed by atoms with van der Waals surface area (Å²) in [6, 6.07) is 0. The molecule has 67 heavy (non-hydrogen) atoms. The van der Waals surface area contributed by atoms with Gasteiger partial charge in [-0.05, 0) is 71.8 Å². The zero-order valence-electron chi connectivity index (χ0n) is 39.2. The van der Waals surface area contributed by atoms with Crippen molar-refractivity contribution in [1.82, 2.24) is 0 Å². The van der Waals surface area contributed by atoms with Crippen molar-refractivity contribution in [3.63, 3.8) is 0 Å². The van der Waals surface area contributed by atoms with Crippen LogP contribution in [0.15, 0.2) is 11.3 Å². The average molecular weight is 993 g/mol. The summed E-state index contributed by atoms with van der Waals surface area (Å²) < 4.78 is 143. The van der Waals surface area contributed by atoms with E-state index in [1.54, 1.807) is 0 Å². The van der Waals surface area contributed by atoms with Crippen LogP contribution in [0, 0.1) is 5.92 Å². The molecule has 9 saturated heterocycles. The molecule has 22 atom stereocenters. The van der Waals surface area contributed by atoms with Crippen molar-refractivity contribution in [2.24, 2.45) is 5.92 Å². The molecule has 0 bridgehead atoms. The molecular formula is C45H68O20S2. The molecule has 0 aromatic carbocycles. The molecule has 0 saturated carbocycles. The lowest BCUT2D eigenvalue weighted by atomic mass is 9.73. The smallest absolute Gasteiger partial charge is 0.397 e. The molecule has 20 nitrogen and oxygen atoms in total. The van der Waals surface area contributed by atoms with Gasteiger partial charge in [-0.15, -0.1) is 0 Å². The van der Waals surface area contributed by atoms with E-state index in [-0.39, 0.29) is 73.4 Å². The first-order valence-electron chi connectivity index (χ1n) is 24.1. The number of aliphatic hydroxyl groups excluding tert-OH is 1. The Morgan fingerprint density at radius 3 is 1.96 bits per heavy atom. The molecule has 0 aromatic heterocycles. The third kappa shape index (κ3) is 9.21. The number of allylic oxidation sites excluding steroid dienone is 1. The molecular weight excluding hydrogens is 925 g/mol. The molecule has 10 rings (SSSR count). The molecule has 3 N–H and O–H groups in total. The second-order valence-corrected chi connectivity index (χ2v) is 24.1. The Balaban J connectivity index is 0.824. The minimum Gasteiger partial charge on any atom is -0.484 e. The summed E-state index contributed by atoms with van der Waals surface area (Å²) in [5, 5.41) is 12.1. The van der Waals surface area contributed by atoms with E-state index in [1.807, 2.05) is 13.8 Å². The van der Waals surface area contributed by atoms with Gasteiger partial charge in [0.2, 0.25) is 0 Å². The van der Waals surface area contributed by atoms with E-state index in [2.05, 4.69) is 25.0 Å². The molecule has 0 unspecified atom stereocenters. The van der Waals surface area contributed by atoms with E-state index in [0.717, 1.165) is 18.4 Å². The van der Waals surface area contributed by atoms with Crippen LogP contribution in [0.5, 0.6) is 0 Å². The molecule has 0 spiro atoms. The van der Waals surface area contributed by atoms with E-state index < -0.39 is 105 Å². The third-order valence-electron chi connectivity index (χ3n) is 17.1. The number of fused-ring (bicyclic) bond motifs is 9. The first-order chi connectivity index (χ1) is 31.3. The number of aliphatic hydroxyl groups is 1. The second-order valence-electron chi connectivity index (χ2n) is 22.0. The van der Waals surface area contributed by atoms with Crippen LogP contribution in [-0.4, -0.2) is 170 Å². The van der Waals surface area contributed by atoms with Gasteiger partial charge >= 0.3 is 20.8 Å². The average Bonchev–Trinajstić information content (AvgIpc) is 3.35. The van der Waals surface area contributed by atoms with Gasteiger partial charge < -0.3 is 52.5 Å². The van der Waals surface area contributed by atoms with Crippen molar-refractivity contribution < 1.29 is 91.6 Å². The van der Waals surface area contributed by atoms with Gasteiger partial charge in [0, 0.05) is 58.3 Å². The lowest BCUT2D eigenvalue weighted by molar-refractivity contribution is -0.365. The fraction of sp³-hybridized carbons (Fsp3) is 0.933. The topological polar surface area (TPSA) is 257 Å². The van der Waals surface area contributed by atoms with Crippen molar-refractivity contribution in [2.45, 2.75) is 252 Å². The normalized spacial score (nSPS) is 52.0. The summed E-state index contributed by atoms with van der Waals surface area (Å²) in [5.74, 6) is 0.329. The molecule has 10 aliphatic heterocycles. The highest BCUT2D eigenvalue weighted by molar-refractivity contribution is 7.81. The quantitative estimate of drug-likeness (QED) is 0.309. The Morgan fingerprint density at radius 2 is 1.27 bits per heavy atom. The van der Waals surface area contributed by atoms with Gasteiger partial charge in [-0.2, -0.15) is 16.8 Å². The summed E-state index contributed by atoms with van der Waals surface area (Å²) >= 11 is 0. The molecule has 9 fully saturated rings. The summed E-state index contributed by atoms with van der Waals surface area (Å²) in [6.07, 6.45) is -3.16. The third-order valence-corrected chi connectivity index (χ3v) is 18.1. The van der Waals surface area contributed by atoms with E-state index >= 15 is 0 Å². The van der Waals surface area contributed by atoms with Crippen molar-refractivity contribution >= 4 is 26.6 Å². The largest absolute Gasteiger partial charge is 0.484 e. The molecule has 22 heteroatoms. The Bertz CT molecular complexity index is 2180. The fourth-order valence-electron chi connectivity index (χ4n) is 13.4. The van der Waals surface area contributed by atoms with Gasteiger partial charge in [0.25, 0.3) is 0 Å². The van der Waals surface area contributed by atoms with Crippen molar-refractivity contribution in [3.05, 3.63) is 11.3 Å². The van der Waals surface area contributed by atoms with Crippen LogP contribution in [-0.2, 0) is 81.3 Å². The van der Waals surface area contributed by atoms with Gasteiger partial charge in [0.05, 0.1) is 103 Å². The number of rotatable bonds is 7. The number of carbonyl (C=O) groups is 1. The van der Waals surface area contributed by atoms with Crippen LogP contribution < -0.4 is 0 Å². The first kappa shape index (κ1) is 49.1. The van der Waals surface area contributed by atoms with E-state index in [0.29, 0.717) is 57.1 Å². The minimum absolute atomic E-state index is 0.00430. The lowest BCUT2D eigenvalue weighted by Gasteiger charge is -2.60. The molecule has 0 aromatic rings. The molecule has 10 aliphatic rings. The number of hydrogen-bond donors (Lipinski definition) is 3. The number of ketones is 1. The fourth-order valence-corrected chi connectivity index (χ4v) is 14.3. The number of Topliss-reactive ketones (excluding diaryl/α,β-unsaturated/α-hetero) is 1. The maximum Gasteiger partial charge on any atom is 0.397 e. The highest BCUT2D eigenvalue weighted by atomic mass is 32.3. The molecule has 0 radical (unpaired) electrons. The van der Waals surface area contributed by atoms with Crippen LogP contribution in [0.25, 0.3) is 0 Å². The van der Waals surface area contributed by atoms with E-state index in [9.17, 15) is 31.3 Å². The van der Waals surface area contributed by atoms with Crippen LogP contribution in [0.3, 0.4) is 0 Å². The van der Waals surface area contributed by atoms with Crippen molar-refractivity contribution in [2.75, 3.05) is 6.61 Å². The Kier molecular flexibility index (Phi) is 12.7. The molecule has 0 amide bonds. The van der Waals surface area contributed by atoms with Gasteiger partial charge in [0.15, 0.2) is 11.5 Å². The maximum absolute atomic E-state index is 12.4. The highest BCUT2D eigenvalue weighted by Gasteiger charge is 2.64. The highest BCUT2D eigenvalue weighted by Crippen LogP contribution is 2.53. The van der Waals surface area contributed by atoms with E-state index in [4.69, 9.17) is 56.1 Å². The van der Waals surface area contributed by atoms with Gasteiger partial charge in [-0.3, -0.25) is 13.9 Å². The van der Waals surface area contributed by atoms with Crippen LogP contribution in [0.1, 0.15) is 126 Å². The Labute approximate surface area is 392 Å². The number of ether oxygens (including phenoxy) is 10. The monoisotopic (exact) mass is 992 g/mol. The van der Waals surface area contributed by atoms with Crippen molar-refractivity contribution in [3.8, 4) is 0 Å². The van der Waals surface area contributed by atoms with Crippen molar-refractivity contribution in [1.29, 1.82) is 0 Å². The summed E-state index contributed by atoms with van der Waals surface area (Å²) in [7, 11) is -9.73. The maximum atomic E-state index is 12.4. The lowest BCUT2D eigenvalue weighted by Crippen LogP contribution is -2.73. The Morgan fingerprint density at radius 1 is 0.672 bits per heavy atom. The summed E-state index contributed by atoms with van der Waals surface area (Å²) in [5.41, 5.74) is -2.97. The standard InChI is InChI=1S/C45H68O20S2/c1-21-8-10-43(5)35(58-32-17-33-40(61-39(21)32)41(47)45(7)37(59-33)19-29-30(63-45)14-22(2)38(60-29)23(3)46)20-34-44(6,65-43)11-9-24-25(57-34)15-26-27(55-24)16-31-28(56-26)18-36(64-67(51,52)53)42(4,62-31)12-13-54-66(48,49)50/h21,24-37,39-41,47H,8-20H2,1-7H3,(H,48,49,50)(H,51,52,53)/t21-,24-,25+,26-,27+,28+,29+,30-,31-,32-,33+,34-,35+,36-,37-,39+,40+,41+,42+,43-,44+,45-/m0/s1. The number of carbonyl (C=O) groups excluding carboxylic acids is 1. The molecule has 0 aliphatic carbocycles.